The van der Waals surface area contributed by atoms with E-state index in [0.717, 1.165) is 25.0 Å². The number of nitrogens with zero attached hydrogens (tertiary/aromatic N) is 2. The van der Waals surface area contributed by atoms with E-state index in [-0.39, 0.29) is 69.8 Å². The van der Waals surface area contributed by atoms with Gasteiger partial charge in [-0.1, -0.05) is 23.2 Å². The molecule has 2 saturated heterocycles. The zero-order valence-corrected chi connectivity index (χ0v) is 27.7. The predicted molar refractivity (Wildman–Crippen MR) is 155 cm³/mol. The maximum absolute atomic E-state index is 12.8. The molecule has 43 heavy (non-hydrogen) atoms. The van der Waals surface area contributed by atoms with Crippen molar-refractivity contribution in [2.75, 3.05) is 47.5 Å². The third-order valence-electron chi connectivity index (χ3n) is 6.40. The van der Waals surface area contributed by atoms with E-state index < -0.39 is 35.4 Å². The van der Waals surface area contributed by atoms with E-state index in [9.17, 15) is 46.1 Å². The van der Waals surface area contributed by atoms with E-state index in [1.807, 2.05) is 0 Å². The second kappa shape index (κ2) is 16.6. The summed E-state index contributed by atoms with van der Waals surface area (Å²) in [4.78, 5) is 24.4. The first kappa shape index (κ1) is 38.3. The quantitative estimate of drug-likeness (QED) is 0.293. The van der Waals surface area contributed by atoms with Gasteiger partial charge in [0.25, 0.3) is 0 Å². The summed E-state index contributed by atoms with van der Waals surface area (Å²) in [5, 5.41) is 20.3. The minimum Gasteiger partial charge on any atom is -0.549 e. The molecule has 232 valence electrons. The van der Waals surface area contributed by atoms with E-state index in [2.05, 4.69) is 0 Å². The molecule has 17 heteroatoms. The van der Waals surface area contributed by atoms with Crippen LogP contribution in [-0.4, -0.2) is 97.9 Å². The van der Waals surface area contributed by atoms with Gasteiger partial charge >= 0.3 is 50.1 Å². The summed E-state index contributed by atoms with van der Waals surface area (Å²) in [6, 6.07) is 7.64. The van der Waals surface area contributed by atoms with E-state index in [1.165, 1.54) is 35.7 Å². The maximum atomic E-state index is 12.8. The number of hydrogen-bond donors (Lipinski definition) is 0. The zero-order valence-electron chi connectivity index (χ0n) is 22.4. The Hall–Kier alpha value is -0.900. The Bertz CT molecular complexity index is 1180. The smallest absolute Gasteiger partial charge is 0.549 e. The Kier molecular flexibility index (Phi) is 14.8. The standard InChI is InChI=1S/2C13H13ClF3NO2S.Ca/c2*14-11-2-1-8(5-10(11)13(15,16)17)18-4-3-9(6-18)21-7-12(19)20;/h2*1-2,5,9H,3-4,6-7H2,(H,19,20);/q;;+2/p-2. The van der Waals surface area contributed by atoms with Crippen LogP contribution in [0.15, 0.2) is 36.4 Å². The fourth-order valence-electron chi connectivity index (χ4n) is 4.42. The Morgan fingerprint density at radius 3 is 1.40 bits per heavy atom. The van der Waals surface area contributed by atoms with Gasteiger partial charge in [-0.15, -0.1) is 0 Å². The third-order valence-corrected chi connectivity index (χ3v) is 9.58. The van der Waals surface area contributed by atoms with Crippen LogP contribution >= 0.6 is 46.7 Å². The van der Waals surface area contributed by atoms with Crippen LogP contribution in [0.3, 0.4) is 0 Å². The number of carbonyl (C=O) groups is 2. The average Bonchev–Trinajstić information content (AvgIpc) is 3.56. The molecule has 2 aromatic rings. The molecular weight excluding hydrogens is 693 g/mol. The van der Waals surface area contributed by atoms with Crippen LogP contribution in [0.4, 0.5) is 37.7 Å². The third kappa shape index (κ3) is 11.8. The SMILES string of the molecule is O=C([O-])CSC1CCN(c2ccc(Cl)c(C(F)(F)F)c2)C1.O=C([O-])CSC1CCN(c2ccc(Cl)c(C(F)(F)F)c2)C1.[Ca+2]. The van der Waals surface area contributed by atoms with Crippen LogP contribution in [0.1, 0.15) is 24.0 Å². The minimum atomic E-state index is -4.49. The molecule has 2 unspecified atom stereocenters. The molecule has 0 amide bonds. The second-order valence-corrected chi connectivity index (χ2v) is 12.8. The Balaban J connectivity index is 0.000000293. The molecule has 4 rings (SSSR count). The van der Waals surface area contributed by atoms with Crippen LogP contribution in [0.25, 0.3) is 0 Å². The van der Waals surface area contributed by atoms with Crippen molar-refractivity contribution in [2.45, 2.75) is 35.7 Å². The Morgan fingerprint density at radius 1 is 0.744 bits per heavy atom. The monoisotopic (exact) mass is 716 g/mol. The fraction of sp³-hybridized carbons (Fsp3) is 0.462. The van der Waals surface area contributed by atoms with Crippen molar-refractivity contribution in [3.8, 4) is 0 Å². The summed E-state index contributed by atoms with van der Waals surface area (Å²) in [6.07, 6.45) is -7.53. The molecule has 2 heterocycles. The van der Waals surface area contributed by atoms with E-state index in [0.29, 0.717) is 37.6 Å². The number of thioether (sulfide) groups is 2. The fourth-order valence-corrected chi connectivity index (χ4v) is 6.73. The van der Waals surface area contributed by atoms with Gasteiger partial charge in [0.15, 0.2) is 0 Å². The molecule has 0 saturated carbocycles. The molecular formula is C26H24CaCl2F6N2O4S2. The number of carbonyl (C=O) groups excluding carboxylic acids is 2. The van der Waals surface area contributed by atoms with Crippen molar-refractivity contribution in [1.82, 2.24) is 0 Å². The summed E-state index contributed by atoms with van der Waals surface area (Å²) >= 11 is 13.7. The van der Waals surface area contributed by atoms with Gasteiger partial charge in [0.2, 0.25) is 0 Å². The number of benzene rings is 2. The van der Waals surface area contributed by atoms with Crippen LogP contribution in [0.2, 0.25) is 10.0 Å². The first-order chi connectivity index (χ1) is 19.5. The molecule has 6 nitrogen and oxygen atoms in total. The first-order valence-electron chi connectivity index (χ1n) is 12.4. The van der Waals surface area contributed by atoms with Gasteiger partial charge in [-0.3, -0.25) is 0 Å². The van der Waals surface area contributed by atoms with Crippen LogP contribution in [-0.2, 0) is 21.9 Å². The van der Waals surface area contributed by atoms with Crippen LogP contribution < -0.4 is 20.0 Å². The first-order valence-corrected chi connectivity index (χ1v) is 15.3. The van der Waals surface area contributed by atoms with E-state index in [4.69, 9.17) is 23.2 Å². The largest absolute Gasteiger partial charge is 2.00 e. The number of rotatable bonds is 8. The topological polar surface area (TPSA) is 86.7 Å². The molecule has 0 N–H and O–H groups in total. The molecule has 0 aromatic heterocycles. The molecule has 0 radical (unpaired) electrons. The van der Waals surface area contributed by atoms with Crippen molar-refractivity contribution in [1.29, 1.82) is 0 Å². The number of carboxylic acid groups (broad SMARTS) is 2. The van der Waals surface area contributed by atoms with Gasteiger partial charge in [0.1, 0.15) is 0 Å². The number of aliphatic carboxylic acids is 2. The Morgan fingerprint density at radius 2 is 1.09 bits per heavy atom. The maximum Gasteiger partial charge on any atom is 2.00 e. The molecule has 2 aromatic carbocycles. The average molecular weight is 718 g/mol. The van der Waals surface area contributed by atoms with Crippen molar-refractivity contribution in [3.05, 3.63) is 57.6 Å². The van der Waals surface area contributed by atoms with Gasteiger partial charge in [-0.25, -0.2) is 0 Å². The molecule has 0 bridgehead atoms. The normalized spacial score (nSPS) is 18.6. The molecule has 2 aliphatic rings. The van der Waals surface area contributed by atoms with Gasteiger partial charge in [0, 0.05) is 59.6 Å². The van der Waals surface area contributed by atoms with Crippen LogP contribution in [0.5, 0.6) is 0 Å². The number of anilines is 2. The molecule has 2 atom stereocenters. The summed E-state index contributed by atoms with van der Waals surface area (Å²) in [5.41, 5.74) is -0.813. The Labute approximate surface area is 292 Å². The number of hydrogen-bond acceptors (Lipinski definition) is 8. The summed E-state index contributed by atoms with van der Waals surface area (Å²) in [6.45, 7) is 2.20. The summed E-state index contributed by atoms with van der Waals surface area (Å²) < 4.78 is 76.9. The number of alkyl halides is 6. The van der Waals surface area contributed by atoms with Gasteiger partial charge in [-0.2, -0.15) is 49.9 Å². The van der Waals surface area contributed by atoms with Gasteiger partial charge < -0.3 is 29.6 Å². The molecule has 2 aliphatic heterocycles. The summed E-state index contributed by atoms with van der Waals surface area (Å²) in [7, 11) is 0. The minimum absolute atomic E-state index is 0. The zero-order chi connectivity index (χ0) is 31.2. The van der Waals surface area contributed by atoms with Crippen molar-refractivity contribution < 1.29 is 46.1 Å². The number of halogens is 8. The number of carboxylic acids is 2. The molecule has 0 aliphatic carbocycles. The van der Waals surface area contributed by atoms with E-state index in [1.54, 1.807) is 21.9 Å². The van der Waals surface area contributed by atoms with Gasteiger partial charge in [0.05, 0.1) is 33.1 Å². The van der Waals surface area contributed by atoms with Crippen molar-refractivity contribution >= 4 is 108 Å². The van der Waals surface area contributed by atoms with Gasteiger partial charge in [-0.05, 0) is 49.2 Å². The van der Waals surface area contributed by atoms with Crippen LogP contribution in [0, 0.1) is 0 Å². The predicted octanol–water partition coefficient (Wildman–Crippen LogP) is 4.46. The van der Waals surface area contributed by atoms with Crippen molar-refractivity contribution in [3.63, 3.8) is 0 Å². The molecule has 2 fully saturated rings. The second-order valence-electron chi connectivity index (χ2n) is 9.40. The van der Waals surface area contributed by atoms with Crippen molar-refractivity contribution in [2.24, 2.45) is 0 Å². The molecule has 0 spiro atoms. The summed E-state index contributed by atoms with van der Waals surface area (Å²) in [5.74, 6) is -2.48. The van der Waals surface area contributed by atoms with E-state index >= 15 is 0 Å².